The molecule has 6 nitrogen and oxygen atoms in total. The summed E-state index contributed by atoms with van der Waals surface area (Å²) in [4.78, 5) is 0. The van der Waals surface area contributed by atoms with E-state index in [0.717, 1.165) is 5.69 Å². The van der Waals surface area contributed by atoms with Gasteiger partial charge in [0.05, 0.1) is 18.0 Å². The van der Waals surface area contributed by atoms with E-state index in [9.17, 15) is 5.11 Å². The zero-order valence-electron chi connectivity index (χ0n) is 9.28. The number of aliphatic hydroxyl groups excluding tert-OH is 1. The van der Waals surface area contributed by atoms with Gasteiger partial charge in [-0.3, -0.25) is 4.68 Å². The summed E-state index contributed by atoms with van der Waals surface area (Å²) in [7, 11) is 1.76. The van der Waals surface area contributed by atoms with Crippen LogP contribution in [0.25, 0.3) is 0 Å². The number of nitrogen functional groups attached to an aromatic ring is 1. The molecule has 1 aromatic heterocycles. The summed E-state index contributed by atoms with van der Waals surface area (Å²) >= 11 is 0. The molecule has 0 saturated carbocycles. The number of nitrogens with zero attached hydrogens (tertiary/aromatic N) is 2. The highest BCUT2D eigenvalue weighted by molar-refractivity contribution is 5.64. The first-order valence-corrected chi connectivity index (χ1v) is 4.73. The fourth-order valence-electron chi connectivity index (χ4n) is 1.21. The van der Waals surface area contributed by atoms with Crippen LogP contribution in [-0.2, 0) is 7.05 Å². The summed E-state index contributed by atoms with van der Waals surface area (Å²) in [6.07, 6.45) is 0. The molecule has 1 atom stereocenters. The van der Waals surface area contributed by atoms with Gasteiger partial charge < -0.3 is 21.3 Å². The van der Waals surface area contributed by atoms with Crippen LogP contribution in [0, 0.1) is 6.92 Å². The molecular formula is C9H18N4O2. The maximum absolute atomic E-state index is 9.59. The van der Waals surface area contributed by atoms with Crippen molar-refractivity contribution in [2.45, 2.75) is 19.4 Å². The normalized spacial score (nSPS) is 15.0. The molecule has 0 bridgehead atoms. The standard InChI is InChI=1S/C9H18N4O2/c1-6-7(10)8(13(3)12-6)11-4-9(2,15)5-14/h11,14-15H,4-5,10H2,1-3H3. The molecule has 0 amide bonds. The molecule has 0 aliphatic carbocycles. The van der Waals surface area contributed by atoms with Gasteiger partial charge in [-0.15, -0.1) is 0 Å². The summed E-state index contributed by atoms with van der Waals surface area (Å²) in [6.45, 7) is 3.26. The number of aromatic nitrogens is 2. The predicted molar refractivity (Wildman–Crippen MR) is 58.6 cm³/mol. The van der Waals surface area contributed by atoms with E-state index in [2.05, 4.69) is 10.4 Å². The van der Waals surface area contributed by atoms with Crippen LogP contribution in [0.2, 0.25) is 0 Å². The Hall–Kier alpha value is -1.27. The van der Waals surface area contributed by atoms with Crippen LogP contribution in [0.5, 0.6) is 0 Å². The monoisotopic (exact) mass is 214 g/mol. The van der Waals surface area contributed by atoms with E-state index in [1.807, 2.05) is 6.92 Å². The van der Waals surface area contributed by atoms with Gasteiger partial charge in [0.2, 0.25) is 0 Å². The highest BCUT2D eigenvalue weighted by Gasteiger charge is 2.20. The number of aliphatic hydroxyl groups is 2. The second-order valence-corrected chi connectivity index (χ2v) is 3.98. The van der Waals surface area contributed by atoms with Gasteiger partial charge in [-0.05, 0) is 13.8 Å². The Morgan fingerprint density at radius 3 is 2.60 bits per heavy atom. The molecule has 1 unspecified atom stereocenters. The fourth-order valence-corrected chi connectivity index (χ4v) is 1.21. The first-order chi connectivity index (χ1) is 6.87. The van der Waals surface area contributed by atoms with Crippen molar-refractivity contribution in [1.29, 1.82) is 0 Å². The second-order valence-electron chi connectivity index (χ2n) is 3.98. The quantitative estimate of drug-likeness (QED) is 0.540. The van der Waals surface area contributed by atoms with E-state index >= 15 is 0 Å². The van der Waals surface area contributed by atoms with Crippen molar-refractivity contribution in [2.24, 2.45) is 7.05 Å². The van der Waals surface area contributed by atoms with Crippen molar-refractivity contribution in [3.63, 3.8) is 0 Å². The van der Waals surface area contributed by atoms with Gasteiger partial charge in [0.25, 0.3) is 0 Å². The average molecular weight is 214 g/mol. The van der Waals surface area contributed by atoms with Crippen molar-refractivity contribution in [3.8, 4) is 0 Å². The summed E-state index contributed by atoms with van der Waals surface area (Å²) in [5.74, 6) is 0.654. The molecule has 0 fully saturated rings. The van der Waals surface area contributed by atoms with Gasteiger partial charge in [0.15, 0.2) is 0 Å². The highest BCUT2D eigenvalue weighted by atomic mass is 16.3. The Morgan fingerprint density at radius 1 is 1.60 bits per heavy atom. The minimum absolute atomic E-state index is 0.215. The summed E-state index contributed by atoms with van der Waals surface area (Å²) < 4.78 is 1.61. The lowest BCUT2D eigenvalue weighted by atomic mass is 10.1. The van der Waals surface area contributed by atoms with Crippen LogP contribution in [0.1, 0.15) is 12.6 Å². The Kier molecular flexibility index (Phi) is 3.21. The van der Waals surface area contributed by atoms with Crippen LogP contribution >= 0.6 is 0 Å². The molecule has 5 N–H and O–H groups in total. The average Bonchev–Trinajstić information content (AvgIpc) is 2.39. The van der Waals surface area contributed by atoms with Crippen molar-refractivity contribution < 1.29 is 10.2 Å². The molecule has 0 aliphatic rings. The molecule has 15 heavy (non-hydrogen) atoms. The van der Waals surface area contributed by atoms with Crippen molar-refractivity contribution in [1.82, 2.24) is 9.78 Å². The molecule has 0 aliphatic heterocycles. The third kappa shape index (κ3) is 2.60. The summed E-state index contributed by atoms with van der Waals surface area (Å²) in [5, 5.41) is 25.5. The Labute approximate surface area is 88.7 Å². The number of rotatable bonds is 4. The molecule has 0 saturated heterocycles. The maximum atomic E-state index is 9.59. The molecule has 1 heterocycles. The number of nitrogens with two attached hydrogens (primary N) is 1. The van der Waals surface area contributed by atoms with Crippen LogP contribution < -0.4 is 11.1 Å². The summed E-state index contributed by atoms with van der Waals surface area (Å²) in [5.41, 5.74) is 5.92. The van der Waals surface area contributed by atoms with E-state index in [4.69, 9.17) is 10.8 Å². The zero-order valence-corrected chi connectivity index (χ0v) is 9.28. The highest BCUT2D eigenvalue weighted by Crippen LogP contribution is 2.21. The lowest BCUT2D eigenvalue weighted by Crippen LogP contribution is -2.37. The SMILES string of the molecule is Cc1nn(C)c(NCC(C)(O)CO)c1N. The number of anilines is 2. The van der Waals surface area contributed by atoms with Gasteiger partial charge in [-0.2, -0.15) is 5.10 Å². The molecule has 0 radical (unpaired) electrons. The lowest BCUT2D eigenvalue weighted by molar-refractivity contribution is 0.0131. The van der Waals surface area contributed by atoms with Gasteiger partial charge in [0, 0.05) is 13.6 Å². The lowest BCUT2D eigenvalue weighted by Gasteiger charge is -2.21. The predicted octanol–water partition coefficient (Wildman–Crippen LogP) is -0.534. The van der Waals surface area contributed by atoms with E-state index in [-0.39, 0.29) is 13.2 Å². The van der Waals surface area contributed by atoms with Crippen molar-refractivity contribution in [3.05, 3.63) is 5.69 Å². The van der Waals surface area contributed by atoms with Crippen LogP contribution in [0.15, 0.2) is 0 Å². The number of aryl methyl sites for hydroxylation is 2. The Bertz CT molecular complexity index is 346. The number of hydrogen-bond donors (Lipinski definition) is 4. The number of nitrogens with one attached hydrogen (secondary N) is 1. The van der Waals surface area contributed by atoms with Crippen LogP contribution in [-0.4, -0.2) is 38.7 Å². The van der Waals surface area contributed by atoms with E-state index in [1.54, 1.807) is 18.7 Å². The van der Waals surface area contributed by atoms with E-state index < -0.39 is 5.60 Å². The third-order valence-corrected chi connectivity index (χ3v) is 2.25. The molecule has 1 aromatic rings. The van der Waals surface area contributed by atoms with E-state index in [0.29, 0.717) is 11.5 Å². The van der Waals surface area contributed by atoms with Gasteiger partial charge in [-0.25, -0.2) is 0 Å². The van der Waals surface area contributed by atoms with Gasteiger partial charge >= 0.3 is 0 Å². The van der Waals surface area contributed by atoms with Gasteiger partial charge in [-0.1, -0.05) is 0 Å². The van der Waals surface area contributed by atoms with Crippen LogP contribution in [0.4, 0.5) is 11.5 Å². The second kappa shape index (κ2) is 4.08. The molecular weight excluding hydrogens is 196 g/mol. The molecule has 0 aromatic carbocycles. The zero-order chi connectivity index (χ0) is 11.6. The molecule has 1 rings (SSSR count). The first kappa shape index (κ1) is 11.8. The van der Waals surface area contributed by atoms with Crippen molar-refractivity contribution >= 4 is 11.5 Å². The number of hydrogen-bond acceptors (Lipinski definition) is 5. The Morgan fingerprint density at radius 2 is 2.20 bits per heavy atom. The molecule has 0 spiro atoms. The maximum Gasteiger partial charge on any atom is 0.147 e. The smallest absolute Gasteiger partial charge is 0.147 e. The minimum atomic E-state index is -1.16. The Balaban J connectivity index is 2.73. The topological polar surface area (TPSA) is 96.3 Å². The van der Waals surface area contributed by atoms with Crippen LogP contribution in [0.3, 0.4) is 0 Å². The fraction of sp³-hybridized carbons (Fsp3) is 0.667. The third-order valence-electron chi connectivity index (χ3n) is 2.25. The molecule has 6 heteroatoms. The van der Waals surface area contributed by atoms with Crippen molar-refractivity contribution in [2.75, 3.05) is 24.2 Å². The molecule has 86 valence electrons. The largest absolute Gasteiger partial charge is 0.394 e. The first-order valence-electron chi connectivity index (χ1n) is 4.73. The van der Waals surface area contributed by atoms with Gasteiger partial charge in [0.1, 0.15) is 11.4 Å². The minimum Gasteiger partial charge on any atom is -0.394 e. The van der Waals surface area contributed by atoms with E-state index in [1.165, 1.54) is 0 Å². The summed E-state index contributed by atoms with van der Waals surface area (Å²) in [6, 6.07) is 0.